The molecule has 1 N–H and O–H groups in total. The Morgan fingerprint density at radius 1 is 1.20 bits per heavy atom. The molecule has 0 fully saturated rings. The number of carbonyl (C=O) groups is 1. The summed E-state index contributed by atoms with van der Waals surface area (Å²) in [5, 5.41) is 2.81. The van der Waals surface area contributed by atoms with Gasteiger partial charge in [-0.15, -0.1) is 0 Å². The molecule has 8 heteroatoms. The van der Waals surface area contributed by atoms with Crippen molar-refractivity contribution in [1.29, 1.82) is 0 Å². The van der Waals surface area contributed by atoms with Gasteiger partial charge in [0.1, 0.15) is 11.3 Å². The second kappa shape index (κ2) is 8.54. The first-order chi connectivity index (χ1) is 14.5. The number of pyridine rings is 1. The molecule has 0 bridgehead atoms. The second-order valence-electron chi connectivity index (χ2n) is 7.30. The highest BCUT2D eigenvalue weighted by Crippen LogP contribution is 2.15. The SMILES string of the molecule is CC(C)OCCCNC(=O)c1ccc(Cn2c(=O)c3cccn3c3cccnc32)o1. The van der Waals surface area contributed by atoms with Crippen molar-refractivity contribution in [3.8, 4) is 0 Å². The molecule has 0 atom stereocenters. The average molecular weight is 408 g/mol. The number of ether oxygens (including phenoxy) is 1. The van der Waals surface area contributed by atoms with Gasteiger partial charge in [0.15, 0.2) is 11.4 Å². The van der Waals surface area contributed by atoms with Crippen molar-refractivity contribution >= 4 is 22.6 Å². The van der Waals surface area contributed by atoms with Gasteiger partial charge >= 0.3 is 0 Å². The van der Waals surface area contributed by atoms with Crippen LogP contribution < -0.4 is 10.9 Å². The van der Waals surface area contributed by atoms with Crippen molar-refractivity contribution in [3.05, 3.63) is 70.7 Å². The molecule has 4 aromatic heterocycles. The molecule has 4 heterocycles. The molecule has 0 aromatic carbocycles. The highest BCUT2D eigenvalue weighted by Gasteiger charge is 2.15. The van der Waals surface area contributed by atoms with Crippen LogP contribution in [0, 0.1) is 0 Å². The Morgan fingerprint density at radius 2 is 2.03 bits per heavy atom. The molecular formula is C22H24N4O4. The van der Waals surface area contributed by atoms with E-state index in [-0.39, 0.29) is 29.9 Å². The minimum absolute atomic E-state index is 0.168. The fourth-order valence-corrected chi connectivity index (χ4v) is 3.35. The first kappa shape index (κ1) is 19.9. The number of aromatic nitrogens is 3. The van der Waals surface area contributed by atoms with E-state index >= 15 is 0 Å². The quantitative estimate of drug-likeness (QED) is 0.453. The number of fused-ring (bicyclic) bond motifs is 3. The summed E-state index contributed by atoms with van der Waals surface area (Å²) in [6.07, 6.45) is 4.39. The van der Waals surface area contributed by atoms with Gasteiger partial charge in [-0.05, 0) is 56.7 Å². The molecule has 0 saturated carbocycles. The van der Waals surface area contributed by atoms with Gasteiger partial charge in [0.05, 0.1) is 18.2 Å². The van der Waals surface area contributed by atoms with Gasteiger partial charge in [0, 0.05) is 25.5 Å². The average Bonchev–Trinajstić information content (AvgIpc) is 3.40. The van der Waals surface area contributed by atoms with Crippen LogP contribution in [0.5, 0.6) is 0 Å². The van der Waals surface area contributed by atoms with Crippen LogP contribution in [0.15, 0.2) is 58.0 Å². The van der Waals surface area contributed by atoms with Crippen molar-refractivity contribution < 1.29 is 13.9 Å². The number of rotatable bonds is 8. The maximum Gasteiger partial charge on any atom is 0.286 e. The van der Waals surface area contributed by atoms with E-state index in [9.17, 15) is 9.59 Å². The third-order valence-electron chi connectivity index (χ3n) is 4.75. The third-order valence-corrected chi connectivity index (χ3v) is 4.75. The first-order valence-corrected chi connectivity index (χ1v) is 9.97. The van der Waals surface area contributed by atoms with Crippen LogP contribution in [-0.4, -0.2) is 39.1 Å². The van der Waals surface area contributed by atoms with E-state index in [4.69, 9.17) is 9.15 Å². The van der Waals surface area contributed by atoms with Gasteiger partial charge in [-0.1, -0.05) is 0 Å². The molecule has 30 heavy (non-hydrogen) atoms. The number of carbonyl (C=O) groups excluding carboxylic acids is 1. The third kappa shape index (κ3) is 3.99. The first-order valence-electron chi connectivity index (χ1n) is 9.97. The Balaban J connectivity index is 1.51. The molecule has 4 rings (SSSR count). The molecule has 0 saturated heterocycles. The molecule has 0 aliphatic carbocycles. The predicted molar refractivity (Wildman–Crippen MR) is 113 cm³/mol. The van der Waals surface area contributed by atoms with Crippen molar-refractivity contribution in [2.75, 3.05) is 13.2 Å². The number of hydrogen-bond donors (Lipinski definition) is 1. The number of nitrogens with zero attached hydrogens (tertiary/aromatic N) is 3. The molecule has 1 amide bonds. The lowest BCUT2D eigenvalue weighted by molar-refractivity contribution is 0.0753. The van der Waals surface area contributed by atoms with Gasteiger partial charge < -0.3 is 18.9 Å². The minimum atomic E-state index is -0.289. The molecular weight excluding hydrogens is 384 g/mol. The standard InChI is InChI=1S/C22H24N4O4/c1-15(2)29-13-5-11-24-21(27)19-9-8-16(30-19)14-26-20-17(6-3-10-23-20)25-12-4-7-18(25)22(26)28/h3-4,6-10,12,15H,5,11,13-14H2,1-2H3,(H,24,27). The minimum Gasteiger partial charge on any atom is -0.454 e. The normalized spacial score (nSPS) is 11.6. The Hall–Kier alpha value is -3.39. The van der Waals surface area contributed by atoms with Gasteiger partial charge in [0.25, 0.3) is 11.5 Å². The fraction of sp³-hybridized carbons (Fsp3) is 0.318. The van der Waals surface area contributed by atoms with Crippen LogP contribution in [0.4, 0.5) is 0 Å². The molecule has 0 radical (unpaired) electrons. The van der Waals surface area contributed by atoms with E-state index in [0.29, 0.717) is 30.1 Å². The van der Waals surface area contributed by atoms with Crippen LogP contribution in [0.2, 0.25) is 0 Å². The monoisotopic (exact) mass is 408 g/mol. The van der Waals surface area contributed by atoms with E-state index in [1.54, 1.807) is 29.0 Å². The Bertz CT molecular complexity index is 1230. The second-order valence-corrected chi connectivity index (χ2v) is 7.30. The summed E-state index contributed by atoms with van der Waals surface area (Å²) < 4.78 is 14.5. The molecule has 0 spiro atoms. The van der Waals surface area contributed by atoms with E-state index in [0.717, 1.165) is 11.9 Å². The van der Waals surface area contributed by atoms with Crippen molar-refractivity contribution in [1.82, 2.24) is 19.3 Å². The lowest BCUT2D eigenvalue weighted by Gasteiger charge is -2.10. The van der Waals surface area contributed by atoms with Crippen molar-refractivity contribution in [2.24, 2.45) is 0 Å². The molecule has 4 aromatic rings. The van der Waals surface area contributed by atoms with Crippen LogP contribution in [0.1, 0.15) is 36.6 Å². The molecule has 8 nitrogen and oxygen atoms in total. The summed E-state index contributed by atoms with van der Waals surface area (Å²) in [6, 6.07) is 10.7. The Labute approximate surface area is 173 Å². The predicted octanol–water partition coefficient (Wildman–Crippen LogP) is 2.84. The summed E-state index contributed by atoms with van der Waals surface area (Å²) in [5.41, 5.74) is 1.77. The van der Waals surface area contributed by atoms with Crippen LogP contribution in [0.25, 0.3) is 16.7 Å². The summed E-state index contributed by atoms with van der Waals surface area (Å²) >= 11 is 0. The van der Waals surface area contributed by atoms with Crippen LogP contribution in [-0.2, 0) is 11.3 Å². The summed E-state index contributed by atoms with van der Waals surface area (Å²) in [7, 11) is 0. The van der Waals surface area contributed by atoms with E-state index < -0.39 is 0 Å². The molecule has 0 aliphatic rings. The fourth-order valence-electron chi connectivity index (χ4n) is 3.35. The van der Waals surface area contributed by atoms with Crippen molar-refractivity contribution in [2.45, 2.75) is 32.9 Å². The highest BCUT2D eigenvalue weighted by atomic mass is 16.5. The summed E-state index contributed by atoms with van der Waals surface area (Å²) in [6.45, 7) is 5.22. The zero-order chi connectivity index (χ0) is 21.1. The Kier molecular flexibility index (Phi) is 5.67. The topological polar surface area (TPSA) is 90.8 Å². The smallest absolute Gasteiger partial charge is 0.286 e. The number of nitrogens with one attached hydrogen (secondary N) is 1. The molecule has 0 unspecified atom stereocenters. The zero-order valence-electron chi connectivity index (χ0n) is 17.0. The zero-order valence-corrected chi connectivity index (χ0v) is 17.0. The number of amides is 1. The molecule has 0 aliphatic heterocycles. The van der Waals surface area contributed by atoms with Crippen LogP contribution >= 0.6 is 0 Å². The van der Waals surface area contributed by atoms with Crippen molar-refractivity contribution in [3.63, 3.8) is 0 Å². The summed E-state index contributed by atoms with van der Waals surface area (Å²) in [4.78, 5) is 29.7. The largest absolute Gasteiger partial charge is 0.454 e. The van der Waals surface area contributed by atoms with Gasteiger partial charge in [-0.3, -0.25) is 14.2 Å². The Morgan fingerprint density at radius 3 is 2.87 bits per heavy atom. The van der Waals surface area contributed by atoms with Gasteiger partial charge in [0.2, 0.25) is 0 Å². The van der Waals surface area contributed by atoms with Gasteiger partial charge in [-0.2, -0.15) is 0 Å². The maximum atomic E-state index is 13.0. The summed E-state index contributed by atoms with van der Waals surface area (Å²) in [5.74, 6) is 0.431. The molecule has 156 valence electrons. The highest BCUT2D eigenvalue weighted by molar-refractivity contribution is 5.91. The maximum absolute atomic E-state index is 13.0. The number of hydrogen-bond acceptors (Lipinski definition) is 5. The van der Waals surface area contributed by atoms with Gasteiger partial charge in [-0.25, -0.2) is 4.98 Å². The van der Waals surface area contributed by atoms with E-state index in [1.165, 1.54) is 0 Å². The van der Waals surface area contributed by atoms with Crippen LogP contribution in [0.3, 0.4) is 0 Å². The lowest BCUT2D eigenvalue weighted by atomic mass is 10.3. The number of furan rings is 1. The lowest BCUT2D eigenvalue weighted by Crippen LogP contribution is -2.25. The van der Waals surface area contributed by atoms with E-state index in [1.807, 2.05) is 42.6 Å². The van der Waals surface area contributed by atoms with E-state index in [2.05, 4.69) is 10.3 Å².